The molecule has 0 saturated heterocycles. The van der Waals surface area contributed by atoms with Crippen molar-refractivity contribution in [3.63, 3.8) is 0 Å². The molecule has 0 aliphatic heterocycles. The fourth-order valence-electron chi connectivity index (χ4n) is 2.49. The summed E-state index contributed by atoms with van der Waals surface area (Å²) < 4.78 is 16.2. The van der Waals surface area contributed by atoms with E-state index in [1.165, 1.54) is 13.2 Å². The van der Waals surface area contributed by atoms with Crippen LogP contribution in [0.15, 0.2) is 30.3 Å². The fraction of sp³-hybridized carbons (Fsp3) is 0.300. The van der Waals surface area contributed by atoms with Gasteiger partial charge in [0, 0.05) is 17.3 Å². The van der Waals surface area contributed by atoms with E-state index in [2.05, 4.69) is 5.32 Å². The standard InChI is InChI=1S/C20H21ClN2O5/c1-3-15-16(26-2)10-17(20(19(15)21)27-9-8-24)28-18(25)12-23-14-6-4-13(11-22)5-7-14/h4-7,10,23-24H,3,8-9,12H2,1-2H3. The van der Waals surface area contributed by atoms with E-state index < -0.39 is 5.97 Å². The predicted molar refractivity (Wildman–Crippen MR) is 105 cm³/mol. The van der Waals surface area contributed by atoms with Gasteiger partial charge in [-0.3, -0.25) is 0 Å². The Balaban J connectivity index is 2.16. The molecular weight excluding hydrogens is 384 g/mol. The highest BCUT2D eigenvalue weighted by Gasteiger charge is 2.21. The molecule has 148 valence electrons. The van der Waals surface area contributed by atoms with Crippen LogP contribution in [0.3, 0.4) is 0 Å². The molecule has 0 spiro atoms. The maximum absolute atomic E-state index is 12.3. The Hall–Kier alpha value is -2.95. The minimum absolute atomic E-state index is 0.00322. The summed E-state index contributed by atoms with van der Waals surface area (Å²) in [6, 6.07) is 10.2. The number of esters is 1. The van der Waals surface area contributed by atoms with Gasteiger partial charge < -0.3 is 24.6 Å². The summed E-state index contributed by atoms with van der Waals surface area (Å²) in [7, 11) is 1.50. The molecule has 0 heterocycles. The van der Waals surface area contributed by atoms with E-state index in [0.29, 0.717) is 29.0 Å². The maximum Gasteiger partial charge on any atom is 0.330 e. The molecule has 0 atom stereocenters. The lowest BCUT2D eigenvalue weighted by atomic mass is 10.1. The molecule has 8 heteroatoms. The van der Waals surface area contributed by atoms with Crippen molar-refractivity contribution >= 4 is 23.3 Å². The molecule has 0 fully saturated rings. The number of nitriles is 1. The van der Waals surface area contributed by atoms with Gasteiger partial charge >= 0.3 is 5.97 Å². The number of hydrogen-bond acceptors (Lipinski definition) is 7. The first kappa shape index (κ1) is 21.4. The average molecular weight is 405 g/mol. The summed E-state index contributed by atoms with van der Waals surface area (Å²) in [5.41, 5.74) is 1.91. The van der Waals surface area contributed by atoms with Gasteiger partial charge in [0.25, 0.3) is 0 Å². The van der Waals surface area contributed by atoms with Gasteiger partial charge in [-0.25, -0.2) is 4.79 Å². The largest absolute Gasteiger partial charge is 0.496 e. The van der Waals surface area contributed by atoms with Crippen LogP contribution in [0, 0.1) is 11.3 Å². The molecule has 28 heavy (non-hydrogen) atoms. The third-order valence-electron chi connectivity index (χ3n) is 3.83. The van der Waals surface area contributed by atoms with E-state index in [1.807, 2.05) is 13.0 Å². The minimum Gasteiger partial charge on any atom is -0.496 e. The Kier molecular flexibility index (Phi) is 7.93. The van der Waals surface area contributed by atoms with Crippen molar-refractivity contribution in [2.24, 2.45) is 0 Å². The van der Waals surface area contributed by atoms with Crippen molar-refractivity contribution in [2.45, 2.75) is 13.3 Å². The Labute approximate surface area is 168 Å². The number of rotatable bonds is 9. The van der Waals surface area contributed by atoms with Gasteiger partial charge in [0.05, 0.1) is 30.4 Å². The number of methoxy groups -OCH3 is 1. The van der Waals surface area contributed by atoms with Gasteiger partial charge in [-0.15, -0.1) is 0 Å². The number of anilines is 1. The number of carbonyl (C=O) groups excluding carboxylic acids is 1. The zero-order valence-electron chi connectivity index (χ0n) is 15.6. The molecule has 0 radical (unpaired) electrons. The Morgan fingerprint density at radius 3 is 2.57 bits per heavy atom. The second kappa shape index (κ2) is 10.4. The predicted octanol–water partition coefficient (Wildman–Crippen LogP) is 3.17. The first-order valence-corrected chi connectivity index (χ1v) is 8.99. The molecule has 0 unspecified atom stereocenters. The molecule has 2 N–H and O–H groups in total. The molecule has 0 aromatic heterocycles. The van der Waals surface area contributed by atoms with Crippen molar-refractivity contribution in [1.82, 2.24) is 0 Å². The molecule has 2 aromatic rings. The zero-order chi connectivity index (χ0) is 20.5. The molecule has 2 aromatic carbocycles. The summed E-state index contributed by atoms with van der Waals surface area (Å²) in [6.07, 6.45) is 0.589. The smallest absolute Gasteiger partial charge is 0.330 e. The van der Waals surface area contributed by atoms with Crippen LogP contribution < -0.4 is 19.5 Å². The highest BCUT2D eigenvalue weighted by atomic mass is 35.5. The summed E-state index contributed by atoms with van der Waals surface area (Å²) in [4.78, 5) is 12.3. The van der Waals surface area contributed by atoms with E-state index in [1.54, 1.807) is 24.3 Å². The summed E-state index contributed by atoms with van der Waals surface area (Å²) >= 11 is 6.40. The molecule has 0 bridgehead atoms. The fourth-order valence-corrected chi connectivity index (χ4v) is 2.86. The average Bonchev–Trinajstić information content (AvgIpc) is 2.71. The van der Waals surface area contributed by atoms with Crippen molar-refractivity contribution in [1.29, 1.82) is 5.26 Å². The van der Waals surface area contributed by atoms with E-state index >= 15 is 0 Å². The Morgan fingerprint density at radius 1 is 1.29 bits per heavy atom. The van der Waals surface area contributed by atoms with Gasteiger partial charge in [-0.2, -0.15) is 5.26 Å². The van der Waals surface area contributed by atoms with Crippen LogP contribution in [-0.4, -0.2) is 37.9 Å². The third kappa shape index (κ3) is 5.28. The Bertz CT molecular complexity index is 862. The molecule has 0 aliphatic rings. The SMILES string of the molecule is CCc1c(OC)cc(OC(=O)CNc2ccc(C#N)cc2)c(OCCO)c1Cl. The summed E-state index contributed by atoms with van der Waals surface area (Å²) in [6.45, 7) is 1.59. The van der Waals surface area contributed by atoms with E-state index in [0.717, 1.165) is 0 Å². The summed E-state index contributed by atoms with van der Waals surface area (Å²) in [5, 5.41) is 21.0. The van der Waals surface area contributed by atoms with E-state index in [9.17, 15) is 4.79 Å². The molecule has 0 aliphatic carbocycles. The van der Waals surface area contributed by atoms with Crippen molar-refractivity contribution in [2.75, 3.05) is 32.2 Å². The normalized spacial score (nSPS) is 10.1. The lowest BCUT2D eigenvalue weighted by Crippen LogP contribution is -2.20. The first-order valence-electron chi connectivity index (χ1n) is 8.61. The number of nitrogens with zero attached hydrogens (tertiary/aromatic N) is 1. The molecular formula is C20H21ClN2O5. The topological polar surface area (TPSA) is 101 Å². The minimum atomic E-state index is -0.569. The Morgan fingerprint density at radius 2 is 2.00 bits per heavy atom. The number of aliphatic hydroxyl groups excluding tert-OH is 1. The number of carbonyl (C=O) groups is 1. The van der Waals surface area contributed by atoms with Crippen molar-refractivity contribution in [3.8, 4) is 23.3 Å². The number of hydrogen-bond donors (Lipinski definition) is 2. The van der Waals surface area contributed by atoms with Crippen LogP contribution in [0.4, 0.5) is 5.69 Å². The van der Waals surface area contributed by atoms with Crippen LogP contribution >= 0.6 is 11.6 Å². The monoisotopic (exact) mass is 404 g/mol. The molecule has 0 amide bonds. The second-order valence-corrected chi connectivity index (χ2v) is 6.02. The third-order valence-corrected chi connectivity index (χ3v) is 4.23. The number of nitrogens with one attached hydrogen (secondary N) is 1. The van der Waals surface area contributed by atoms with Gasteiger partial charge in [0.2, 0.25) is 0 Å². The van der Waals surface area contributed by atoms with Gasteiger partial charge in [0.1, 0.15) is 18.9 Å². The van der Waals surface area contributed by atoms with E-state index in [4.69, 9.17) is 36.2 Å². The first-order chi connectivity index (χ1) is 13.5. The molecule has 2 rings (SSSR count). The highest BCUT2D eigenvalue weighted by molar-refractivity contribution is 6.33. The van der Waals surface area contributed by atoms with Crippen LogP contribution in [-0.2, 0) is 11.2 Å². The summed E-state index contributed by atoms with van der Waals surface area (Å²) in [5.74, 6) is 0.200. The quantitative estimate of drug-likeness (QED) is 0.489. The van der Waals surface area contributed by atoms with Crippen LogP contribution in [0.1, 0.15) is 18.1 Å². The van der Waals surface area contributed by atoms with Gasteiger partial charge in [-0.1, -0.05) is 18.5 Å². The van der Waals surface area contributed by atoms with Gasteiger partial charge in [0.15, 0.2) is 11.5 Å². The number of benzene rings is 2. The zero-order valence-corrected chi connectivity index (χ0v) is 16.4. The van der Waals surface area contributed by atoms with E-state index in [-0.39, 0.29) is 36.3 Å². The number of ether oxygens (including phenoxy) is 3. The van der Waals surface area contributed by atoms with Crippen LogP contribution in [0.5, 0.6) is 17.2 Å². The van der Waals surface area contributed by atoms with Crippen LogP contribution in [0.2, 0.25) is 5.02 Å². The lowest BCUT2D eigenvalue weighted by molar-refractivity contribution is -0.132. The molecule has 0 saturated carbocycles. The molecule has 7 nitrogen and oxygen atoms in total. The van der Waals surface area contributed by atoms with Crippen molar-refractivity contribution < 1.29 is 24.1 Å². The maximum atomic E-state index is 12.3. The number of halogens is 1. The van der Waals surface area contributed by atoms with Gasteiger partial charge in [-0.05, 0) is 30.7 Å². The number of aliphatic hydroxyl groups is 1. The highest BCUT2D eigenvalue weighted by Crippen LogP contribution is 2.43. The van der Waals surface area contributed by atoms with Crippen molar-refractivity contribution in [3.05, 3.63) is 46.5 Å². The van der Waals surface area contributed by atoms with Crippen LogP contribution in [0.25, 0.3) is 0 Å². The lowest BCUT2D eigenvalue weighted by Gasteiger charge is -2.18. The second-order valence-electron chi connectivity index (χ2n) is 5.64.